The predicted octanol–water partition coefficient (Wildman–Crippen LogP) is 1.53. The number of nitrogens with two attached hydrogens (primary N) is 1. The highest BCUT2D eigenvalue weighted by Gasteiger charge is 2.33. The monoisotopic (exact) mass is 483 g/mol. The van der Waals surface area contributed by atoms with E-state index in [1.165, 1.54) is 18.0 Å². The number of anilines is 1. The second kappa shape index (κ2) is 9.27. The topological polar surface area (TPSA) is 154 Å². The van der Waals surface area contributed by atoms with Crippen molar-refractivity contribution in [3.05, 3.63) is 42.2 Å². The second-order valence-electron chi connectivity index (χ2n) is 7.46. The van der Waals surface area contributed by atoms with Crippen LogP contribution in [0.5, 0.6) is 5.88 Å². The molecule has 0 fully saturated rings. The number of aromatic nitrogens is 5. The molecule has 1 aliphatic heterocycles. The van der Waals surface area contributed by atoms with Crippen LogP contribution in [0.25, 0.3) is 11.4 Å². The van der Waals surface area contributed by atoms with Crippen molar-refractivity contribution in [2.75, 3.05) is 30.9 Å². The summed E-state index contributed by atoms with van der Waals surface area (Å²) in [4.78, 5) is 24.5. The summed E-state index contributed by atoms with van der Waals surface area (Å²) in [6, 6.07) is 3.72. The summed E-state index contributed by atoms with van der Waals surface area (Å²) < 4.78 is 30.7. The molecule has 13 heteroatoms. The van der Waals surface area contributed by atoms with E-state index in [1.807, 2.05) is 19.1 Å². The van der Waals surface area contributed by atoms with Gasteiger partial charge in [0.2, 0.25) is 15.9 Å². The summed E-state index contributed by atoms with van der Waals surface area (Å²) in [5.41, 5.74) is 2.54. The lowest BCUT2D eigenvalue weighted by Gasteiger charge is -2.20. The molecule has 0 saturated heterocycles. The van der Waals surface area contributed by atoms with Crippen LogP contribution in [0.4, 0.5) is 11.5 Å². The molecule has 178 valence electrons. The van der Waals surface area contributed by atoms with E-state index < -0.39 is 15.8 Å². The Kier molecular flexibility index (Phi) is 6.39. The van der Waals surface area contributed by atoms with Crippen LogP contribution in [0.15, 0.2) is 40.8 Å². The first-order valence-electron chi connectivity index (χ1n) is 10.6. The van der Waals surface area contributed by atoms with E-state index >= 15 is 0 Å². The molecule has 0 aliphatic carbocycles. The number of aliphatic imine (C=N–C) groups is 1. The third-order valence-electron chi connectivity index (χ3n) is 5.22. The fraction of sp³-hybridized carbons (Fsp3) is 0.333. The van der Waals surface area contributed by atoms with Gasteiger partial charge in [-0.05, 0) is 32.9 Å². The minimum atomic E-state index is -3.88. The summed E-state index contributed by atoms with van der Waals surface area (Å²) >= 11 is 0. The molecule has 0 aromatic carbocycles. The smallest absolute Gasteiger partial charge is 0.245 e. The van der Waals surface area contributed by atoms with Crippen LogP contribution in [0.1, 0.15) is 25.4 Å². The van der Waals surface area contributed by atoms with Gasteiger partial charge in [-0.25, -0.2) is 28.5 Å². The first kappa shape index (κ1) is 23.4. The van der Waals surface area contributed by atoms with Crippen LogP contribution in [-0.2, 0) is 10.0 Å². The number of pyridine rings is 1. The Morgan fingerprint density at radius 3 is 2.53 bits per heavy atom. The zero-order valence-electron chi connectivity index (χ0n) is 19.3. The third-order valence-corrected chi connectivity index (χ3v) is 5.89. The Bertz CT molecular complexity index is 1380. The maximum atomic E-state index is 11.9. The Morgan fingerprint density at radius 2 is 1.94 bits per heavy atom. The number of imidazole rings is 1. The van der Waals surface area contributed by atoms with Crippen molar-refractivity contribution in [1.82, 2.24) is 24.6 Å². The number of ether oxygens (including phenoxy) is 1. The third kappa shape index (κ3) is 4.52. The van der Waals surface area contributed by atoms with Crippen LogP contribution in [0.2, 0.25) is 0 Å². The molecule has 2 N–H and O–H groups in total. The average molecular weight is 484 g/mol. The lowest BCUT2D eigenvalue weighted by Crippen LogP contribution is -2.27. The van der Waals surface area contributed by atoms with E-state index in [2.05, 4.69) is 43.8 Å². The van der Waals surface area contributed by atoms with Gasteiger partial charge in [0, 0.05) is 25.5 Å². The molecule has 3 aromatic rings. The SMILES string of the molecule is CCN(CC)c1ccc(/N=C2/C(CS(N)(=O)=O)=Nn3c2nc(-c2cnccn2)c3OC)c(C)n1. The standard InChI is InChI=1S/C21H25N9O3S/c1-5-29(6-2)17-8-7-14(13(3)25-17)26-18-16(12-34(22,31)32)28-30-20(18)27-19(21(30)33-4)15-11-23-9-10-24-15/h7-11H,5-6,12H2,1-4H3,(H2,22,31,32)/b26-18-. The van der Waals surface area contributed by atoms with E-state index in [1.54, 1.807) is 12.4 Å². The van der Waals surface area contributed by atoms with Crippen molar-refractivity contribution in [3.8, 4) is 17.3 Å². The largest absolute Gasteiger partial charge is 0.479 e. The Morgan fingerprint density at radius 1 is 1.18 bits per heavy atom. The van der Waals surface area contributed by atoms with Crippen LogP contribution in [0, 0.1) is 6.92 Å². The summed E-state index contributed by atoms with van der Waals surface area (Å²) in [5.74, 6) is 0.912. The zero-order valence-corrected chi connectivity index (χ0v) is 20.1. The molecule has 1 aliphatic rings. The number of hydrogen-bond donors (Lipinski definition) is 1. The normalized spacial score (nSPS) is 14.3. The van der Waals surface area contributed by atoms with Gasteiger partial charge < -0.3 is 9.64 Å². The Hall–Kier alpha value is -3.71. The van der Waals surface area contributed by atoms with Gasteiger partial charge in [0.15, 0.2) is 11.5 Å². The van der Waals surface area contributed by atoms with Crippen molar-refractivity contribution >= 4 is 33.0 Å². The molecule has 12 nitrogen and oxygen atoms in total. The van der Waals surface area contributed by atoms with Crippen LogP contribution in [-0.4, -0.2) is 70.4 Å². The first-order chi connectivity index (χ1) is 16.3. The number of aryl methyl sites for hydroxylation is 1. The van der Waals surface area contributed by atoms with Gasteiger partial charge in [-0.3, -0.25) is 9.97 Å². The quantitative estimate of drug-likeness (QED) is 0.506. The fourth-order valence-electron chi connectivity index (χ4n) is 3.62. The highest BCUT2D eigenvalue weighted by Crippen LogP contribution is 2.33. The van der Waals surface area contributed by atoms with Crippen molar-refractivity contribution in [1.29, 1.82) is 0 Å². The molecule has 0 unspecified atom stereocenters. The first-order valence-corrected chi connectivity index (χ1v) is 12.3. The predicted molar refractivity (Wildman–Crippen MR) is 129 cm³/mol. The minimum Gasteiger partial charge on any atom is -0.479 e. The van der Waals surface area contributed by atoms with Crippen LogP contribution in [0.3, 0.4) is 0 Å². The second-order valence-corrected chi connectivity index (χ2v) is 9.07. The lowest BCUT2D eigenvalue weighted by molar-refractivity contribution is 0.382. The summed E-state index contributed by atoms with van der Waals surface area (Å²) in [5, 5.41) is 9.73. The van der Waals surface area contributed by atoms with E-state index in [9.17, 15) is 8.42 Å². The average Bonchev–Trinajstić information content (AvgIpc) is 3.31. The molecule has 0 amide bonds. The van der Waals surface area contributed by atoms with Gasteiger partial charge >= 0.3 is 0 Å². The molecule has 0 atom stereocenters. The van der Waals surface area contributed by atoms with E-state index in [0.717, 1.165) is 18.9 Å². The Labute approximate surface area is 197 Å². The molecular formula is C21H25N9O3S. The lowest BCUT2D eigenvalue weighted by atomic mass is 10.2. The van der Waals surface area contributed by atoms with E-state index in [-0.39, 0.29) is 17.3 Å². The van der Waals surface area contributed by atoms with E-state index in [4.69, 9.17) is 14.9 Å². The van der Waals surface area contributed by atoms with Crippen molar-refractivity contribution in [2.45, 2.75) is 20.8 Å². The molecule has 34 heavy (non-hydrogen) atoms. The van der Waals surface area contributed by atoms with Crippen molar-refractivity contribution in [3.63, 3.8) is 0 Å². The number of fused-ring (bicyclic) bond motifs is 1. The highest BCUT2D eigenvalue weighted by molar-refractivity contribution is 7.90. The molecule has 0 radical (unpaired) electrons. The number of hydrogen-bond acceptors (Lipinski definition) is 10. The zero-order chi connectivity index (χ0) is 24.5. The van der Waals surface area contributed by atoms with Gasteiger partial charge in [-0.15, -0.1) is 0 Å². The molecule has 0 saturated carbocycles. The van der Waals surface area contributed by atoms with Crippen LogP contribution < -0.4 is 14.8 Å². The molecule has 4 heterocycles. The number of rotatable bonds is 8. The fourth-order valence-corrected chi connectivity index (χ4v) is 4.19. The van der Waals surface area contributed by atoms with Gasteiger partial charge in [0.05, 0.1) is 24.7 Å². The molecule has 4 rings (SSSR count). The number of methoxy groups -OCH3 is 1. The molecule has 3 aromatic heterocycles. The van der Waals surface area contributed by atoms with Crippen molar-refractivity contribution < 1.29 is 13.2 Å². The van der Waals surface area contributed by atoms with E-state index in [0.29, 0.717) is 28.6 Å². The molecular weight excluding hydrogens is 458 g/mol. The van der Waals surface area contributed by atoms with Gasteiger partial charge in [-0.2, -0.15) is 9.78 Å². The van der Waals surface area contributed by atoms with Crippen LogP contribution >= 0.6 is 0 Å². The van der Waals surface area contributed by atoms with Gasteiger partial charge in [0.25, 0.3) is 0 Å². The Balaban J connectivity index is 1.86. The number of sulfonamides is 1. The highest BCUT2D eigenvalue weighted by atomic mass is 32.2. The number of primary sulfonamides is 1. The minimum absolute atomic E-state index is 0.154. The number of nitrogens with zero attached hydrogens (tertiary/aromatic N) is 8. The summed E-state index contributed by atoms with van der Waals surface area (Å²) in [6.07, 6.45) is 4.63. The van der Waals surface area contributed by atoms with Gasteiger partial charge in [0.1, 0.15) is 28.7 Å². The molecule has 0 bridgehead atoms. The maximum Gasteiger partial charge on any atom is 0.245 e. The summed E-state index contributed by atoms with van der Waals surface area (Å²) in [6.45, 7) is 7.61. The maximum absolute atomic E-state index is 11.9. The van der Waals surface area contributed by atoms with Crippen molar-refractivity contribution in [2.24, 2.45) is 15.2 Å². The van der Waals surface area contributed by atoms with Gasteiger partial charge in [-0.1, -0.05) is 0 Å². The summed E-state index contributed by atoms with van der Waals surface area (Å²) in [7, 11) is -2.42. The molecule has 0 spiro atoms.